The molecule has 0 aliphatic heterocycles. The summed E-state index contributed by atoms with van der Waals surface area (Å²) in [5.41, 5.74) is 6.74. The lowest BCUT2D eigenvalue weighted by Crippen LogP contribution is -2.06. The van der Waals surface area contributed by atoms with Crippen LogP contribution in [0.15, 0.2) is 35.3 Å². The molecule has 16 heavy (non-hydrogen) atoms. The van der Waals surface area contributed by atoms with Gasteiger partial charge in [0.1, 0.15) is 4.60 Å². The van der Waals surface area contributed by atoms with Crippen LogP contribution in [0.4, 0.5) is 11.6 Å². The minimum Gasteiger partial charge on any atom is -0.381 e. The predicted molar refractivity (Wildman–Crippen MR) is 65.7 cm³/mol. The SMILES string of the molecule is Nc1ncc(Br)nc1NCc1cccnc1. The average Bonchev–Trinajstić information content (AvgIpc) is 2.32. The van der Waals surface area contributed by atoms with E-state index in [1.54, 1.807) is 18.6 Å². The van der Waals surface area contributed by atoms with Crippen LogP contribution < -0.4 is 11.1 Å². The summed E-state index contributed by atoms with van der Waals surface area (Å²) in [5, 5.41) is 3.10. The third kappa shape index (κ3) is 2.66. The Morgan fingerprint density at radius 3 is 3.00 bits per heavy atom. The number of aromatic nitrogens is 3. The number of nitrogens with two attached hydrogens (primary N) is 1. The van der Waals surface area contributed by atoms with Crippen LogP contribution in [0.3, 0.4) is 0 Å². The molecule has 0 aromatic carbocycles. The Hall–Kier alpha value is -1.69. The van der Waals surface area contributed by atoms with Gasteiger partial charge in [0, 0.05) is 18.9 Å². The summed E-state index contributed by atoms with van der Waals surface area (Å²) in [4.78, 5) is 12.2. The highest BCUT2D eigenvalue weighted by molar-refractivity contribution is 9.10. The predicted octanol–water partition coefficient (Wildman–Crippen LogP) is 1.83. The zero-order valence-electron chi connectivity index (χ0n) is 8.39. The fourth-order valence-corrected chi connectivity index (χ4v) is 1.48. The van der Waals surface area contributed by atoms with E-state index in [9.17, 15) is 0 Å². The molecular formula is C10H10BrN5. The molecule has 0 fully saturated rings. The van der Waals surface area contributed by atoms with E-state index in [1.807, 2.05) is 12.1 Å². The van der Waals surface area contributed by atoms with E-state index in [0.717, 1.165) is 5.56 Å². The van der Waals surface area contributed by atoms with Crippen molar-refractivity contribution in [2.75, 3.05) is 11.1 Å². The van der Waals surface area contributed by atoms with Crippen molar-refractivity contribution in [3.05, 3.63) is 40.9 Å². The van der Waals surface area contributed by atoms with Gasteiger partial charge in [-0.25, -0.2) is 9.97 Å². The fraction of sp³-hybridized carbons (Fsp3) is 0.100. The zero-order chi connectivity index (χ0) is 11.4. The molecule has 5 nitrogen and oxygen atoms in total. The highest BCUT2D eigenvalue weighted by Gasteiger charge is 2.02. The summed E-state index contributed by atoms with van der Waals surface area (Å²) in [6.45, 7) is 0.614. The first kappa shape index (κ1) is 10.8. The van der Waals surface area contributed by atoms with Crippen molar-refractivity contribution < 1.29 is 0 Å². The van der Waals surface area contributed by atoms with Gasteiger partial charge in [-0.1, -0.05) is 6.07 Å². The van der Waals surface area contributed by atoms with E-state index in [0.29, 0.717) is 22.8 Å². The maximum atomic E-state index is 5.68. The molecule has 2 aromatic rings. The van der Waals surface area contributed by atoms with Crippen molar-refractivity contribution in [3.63, 3.8) is 0 Å². The van der Waals surface area contributed by atoms with Crippen LogP contribution >= 0.6 is 15.9 Å². The number of nitrogen functional groups attached to an aromatic ring is 1. The van der Waals surface area contributed by atoms with Crippen molar-refractivity contribution in [2.45, 2.75) is 6.54 Å². The molecule has 0 spiro atoms. The fourth-order valence-electron chi connectivity index (χ4n) is 1.20. The number of halogens is 1. The van der Waals surface area contributed by atoms with Gasteiger partial charge in [-0.3, -0.25) is 4.98 Å². The van der Waals surface area contributed by atoms with Gasteiger partial charge in [-0.2, -0.15) is 0 Å². The quantitative estimate of drug-likeness (QED) is 0.897. The highest BCUT2D eigenvalue weighted by Crippen LogP contribution is 2.16. The maximum absolute atomic E-state index is 5.68. The molecular weight excluding hydrogens is 270 g/mol. The Balaban J connectivity index is 2.08. The summed E-state index contributed by atoms with van der Waals surface area (Å²) in [6.07, 6.45) is 5.08. The van der Waals surface area contributed by atoms with Crippen LogP contribution in [0.2, 0.25) is 0 Å². The molecule has 3 N–H and O–H groups in total. The van der Waals surface area contributed by atoms with E-state index in [-0.39, 0.29) is 0 Å². The molecule has 0 atom stereocenters. The lowest BCUT2D eigenvalue weighted by atomic mass is 10.3. The Labute approximate surface area is 101 Å². The Morgan fingerprint density at radius 2 is 2.25 bits per heavy atom. The topological polar surface area (TPSA) is 76.7 Å². The summed E-state index contributed by atoms with van der Waals surface area (Å²) in [5.74, 6) is 0.949. The standard InChI is InChI=1S/C10H10BrN5/c11-8-6-14-9(12)10(16-8)15-5-7-2-1-3-13-4-7/h1-4,6H,5H2,(H2,12,14)(H,15,16). The van der Waals surface area contributed by atoms with E-state index in [4.69, 9.17) is 5.73 Å². The number of anilines is 2. The van der Waals surface area contributed by atoms with Crippen LogP contribution in [-0.2, 0) is 6.54 Å². The molecule has 2 heterocycles. The van der Waals surface area contributed by atoms with Crippen molar-refractivity contribution in [1.29, 1.82) is 0 Å². The molecule has 0 unspecified atom stereocenters. The normalized spacial score (nSPS) is 10.1. The van der Waals surface area contributed by atoms with Crippen LogP contribution in [0, 0.1) is 0 Å². The molecule has 0 bridgehead atoms. The minimum absolute atomic E-state index is 0.382. The molecule has 0 aliphatic carbocycles. The van der Waals surface area contributed by atoms with Crippen LogP contribution in [-0.4, -0.2) is 15.0 Å². The zero-order valence-corrected chi connectivity index (χ0v) is 9.98. The third-order valence-electron chi connectivity index (χ3n) is 1.95. The molecule has 0 amide bonds. The summed E-state index contributed by atoms with van der Waals surface area (Å²) in [7, 11) is 0. The molecule has 2 aromatic heterocycles. The second-order valence-electron chi connectivity index (χ2n) is 3.14. The van der Waals surface area contributed by atoms with Crippen LogP contribution in [0.25, 0.3) is 0 Å². The first-order chi connectivity index (χ1) is 7.75. The van der Waals surface area contributed by atoms with E-state index in [1.165, 1.54) is 0 Å². The Kier molecular flexibility index (Phi) is 3.31. The number of nitrogens with zero attached hydrogens (tertiary/aromatic N) is 3. The lowest BCUT2D eigenvalue weighted by Gasteiger charge is -2.07. The smallest absolute Gasteiger partial charge is 0.170 e. The monoisotopic (exact) mass is 279 g/mol. The van der Waals surface area contributed by atoms with Gasteiger partial charge in [0.05, 0.1) is 6.20 Å². The Bertz CT molecular complexity index is 474. The van der Waals surface area contributed by atoms with E-state index >= 15 is 0 Å². The van der Waals surface area contributed by atoms with E-state index < -0.39 is 0 Å². The molecule has 6 heteroatoms. The van der Waals surface area contributed by atoms with Gasteiger partial charge in [0.15, 0.2) is 11.6 Å². The maximum Gasteiger partial charge on any atom is 0.170 e. The molecule has 0 saturated carbocycles. The number of nitrogens with one attached hydrogen (secondary N) is 1. The number of hydrogen-bond acceptors (Lipinski definition) is 5. The molecule has 2 rings (SSSR count). The van der Waals surface area contributed by atoms with Crippen molar-refractivity contribution in [2.24, 2.45) is 0 Å². The number of hydrogen-bond donors (Lipinski definition) is 2. The lowest BCUT2D eigenvalue weighted by molar-refractivity contribution is 1.06. The third-order valence-corrected chi connectivity index (χ3v) is 2.34. The van der Waals surface area contributed by atoms with Crippen molar-refractivity contribution >= 4 is 27.6 Å². The average molecular weight is 280 g/mol. The first-order valence-corrected chi connectivity index (χ1v) is 5.46. The van der Waals surface area contributed by atoms with Crippen molar-refractivity contribution in [3.8, 4) is 0 Å². The molecule has 0 saturated heterocycles. The first-order valence-electron chi connectivity index (χ1n) is 4.66. The van der Waals surface area contributed by atoms with Crippen LogP contribution in [0.5, 0.6) is 0 Å². The summed E-state index contributed by atoms with van der Waals surface area (Å²) >= 11 is 3.24. The molecule has 0 aliphatic rings. The van der Waals surface area contributed by atoms with Gasteiger partial charge in [-0.05, 0) is 27.6 Å². The number of rotatable bonds is 3. The second kappa shape index (κ2) is 4.89. The van der Waals surface area contributed by atoms with Crippen molar-refractivity contribution in [1.82, 2.24) is 15.0 Å². The van der Waals surface area contributed by atoms with E-state index in [2.05, 4.69) is 36.2 Å². The summed E-state index contributed by atoms with van der Waals surface area (Å²) in [6, 6.07) is 3.86. The molecule has 0 radical (unpaired) electrons. The Morgan fingerprint density at radius 1 is 1.38 bits per heavy atom. The largest absolute Gasteiger partial charge is 0.381 e. The minimum atomic E-state index is 0.382. The van der Waals surface area contributed by atoms with Gasteiger partial charge >= 0.3 is 0 Å². The number of pyridine rings is 1. The highest BCUT2D eigenvalue weighted by atomic mass is 79.9. The summed E-state index contributed by atoms with van der Waals surface area (Å²) < 4.78 is 0.649. The molecule has 82 valence electrons. The van der Waals surface area contributed by atoms with Crippen LogP contribution in [0.1, 0.15) is 5.56 Å². The second-order valence-corrected chi connectivity index (χ2v) is 3.95. The van der Waals surface area contributed by atoms with Gasteiger partial charge in [-0.15, -0.1) is 0 Å². The van der Waals surface area contributed by atoms with Gasteiger partial charge in [0.2, 0.25) is 0 Å². The van der Waals surface area contributed by atoms with Gasteiger partial charge in [0.25, 0.3) is 0 Å². The van der Waals surface area contributed by atoms with Gasteiger partial charge < -0.3 is 11.1 Å².